The molecule has 0 aliphatic rings. The molecule has 0 atom stereocenters. The Labute approximate surface area is 123 Å². The number of nitro benzene ring substituents is 2. The summed E-state index contributed by atoms with van der Waals surface area (Å²) >= 11 is 3.07. The molecule has 1 aromatic rings. The Kier molecular flexibility index (Phi) is 5.26. The minimum Gasteiger partial charge on any atom is -0.489 e. The van der Waals surface area contributed by atoms with E-state index in [0.29, 0.717) is 13.1 Å². The average molecular weight is 348 g/mol. The van der Waals surface area contributed by atoms with Gasteiger partial charge in [0.25, 0.3) is 0 Å². The second kappa shape index (κ2) is 6.51. The van der Waals surface area contributed by atoms with Crippen LogP contribution in [0.3, 0.4) is 0 Å². The van der Waals surface area contributed by atoms with Crippen LogP contribution in [0.5, 0.6) is 5.75 Å². The van der Waals surface area contributed by atoms with E-state index in [2.05, 4.69) is 15.9 Å². The highest BCUT2D eigenvalue weighted by Gasteiger charge is 2.35. The molecule has 20 heavy (non-hydrogen) atoms. The van der Waals surface area contributed by atoms with Gasteiger partial charge in [-0.05, 0) is 29.8 Å². The zero-order valence-corrected chi connectivity index (χ0v) is 12.8. The molecule has 0 aliphatic heterocycles. The normalized spacial score (nSPS) is 10.2. The van der Waals surface area contributed by atoms with Crippen molar-refractivity contribution >= 4 is 33.0 Å². The summed E-state index contributed by atoms with van der Waals surface area (Å²) in [5.41, 5.74) is -0.768. The molecule has 0 aromatic heterocycles. The fourth-order valence-electron chi connectivity index (χ4n) is 1.95. The molecule has 1 aromatic carbocycles. The maximum absolute atomic E-state index is 11.3. The number of methoxy groups -OCH3 is 1. The van der Waals surface area contributed by atoms with Crippen molar-refractivity contribution in [1.82, 2.24) is 0 Å². The van der Waals surface area contributed by atoms with E-state index < -0.39 is 15.5 Å². The predicted octanol–water partition coefficient (Wildman–Crippen LogP) is 3.12. The molecular formula is C11H14BrN3O5. The largest absolute Gasteiger partial charge is 0.489 e. The number of rotatable bonds is 6. The Balaban J connectivity index is 3.81. The topological polar surface area (TPSA) is 98.8 Å². The first kappa shape index (κ1) is 16.2. The van der Waals surface area contributed by atoms with Gasteiger partial charge in [0.05, 0.1) is 21.4 Å². The average Bonchev–Trinajstić information content (AvgIpc) is 2.39. The van der Waals surface area contributed by atoms with Gasteiger partial charge in [-0.25, -0.2) is 0 Å². The van der Waals surface area contributed by atoms with Crippen LogP contribution < -0.4 is 9.64 Å². The van der Waals surface area contributed by atoms with E-state index in [1.54, 1.807) is 18.7 Å². The first-order valence-electron chi connectivity index (χ1n) is 5.83. The van der Waals surface area contributed by atoms with E-state index in [4.69, 9.17) is 4.74 Å². The van der Waals surface area contributed by atoms with E-state index in [9.17, 15) is 20.2 Å². The number of anilines is 1. The van der Waals surface area contributed by atoms with Crippen LogP contribution in [-0.4, -0.2) is 30.0 Å². The molecule has 9 heteroatoms. The lowest BCUT2D eigenvalue weighted by atomic mass is 10.2. The van der Waals surface area contributed by atoms with E-state index in [1.807, 2.05) is 0 Å². The first-order valence-corrected chi connectivity index (χ1v) is 6.62. The van der Waals surface area contributed by atoms with Gasteiger partial charge in [-0.3, -0.25) is 20.2 Å². The summed E-state index contributed by atoms with van der Waals surface area (Å²) in [6.07, 6.45) is 0. The van der Waals surface area contributed by atoms with Crippen molar-refractivity contribution in [2.45, 2.75) is 13.8 Å². The van der Waals surface area contributed by atoms with Crippen LogP contribution in [0.2, 0.25) is 0 Å². The lowest BCUT2D eigenvalue weighted by molar-refractivity contribution is -0.393. The molecular weight excluding hydrogens is 334 g/mol. The third-order valence-corrected chi connectivity index (χ3v) is 3.41. The van der Waals surface area contributed by atoms with Crippen molar-refractivity contribution in [3.63, 3.8) is 0 Å². The Morgan fingerprint density at radius 3 is 2.15 bits per heavy atom. The summed E-state index contributed by atoms with van der Waals surface area (Å²) in [5.74, 6) is -0.0255. The minimum atomic E-state index is -0.662. The van der Waals surface area contributed by atoms with Crippen LogP contribution in [0.4, 0.5) is 17.1 Å². The number of benzene rings is 1. The van der Waals surface area contributed by atoms with Crippen LogP contribution in [0.15, 0.2) is 10.5 Å². The maximum Gasteiger partial charge on any atom is 0.342 e. The molecule has 0 N–H and O–H groups in total. The number of ether oxygens (including phenoxy) is 1. The van der Waals surface area contributed by atoms with Crippen molar-refractivity contribution in [3.05, 3.63) is 30.8 Å². The van der Waals surface area contributed by atoms with Crippen molar-refractivity contribution in [2.24, 2.45) is 0 Å². The van der Waals surface area contributed by atoms with Gasteiger partial charge in [-0.1, -0.05) is 0 Å². The van der Waals surface area contributed by atoms with Gasteiger partial charge in [0.2, 0.25) is 5.75 Å². The quantitative estimate of drug-likeness (QED) is 0.579. The third-order valence-electron chi connectivity index (χ3n) is 2.83. The molecule has 0 aliphatic carbocycles. The lowest BCUT2D eigenvalue weighted by Crippen LogP contribution is -2.24. The van der Waals surface area contributed by atoms with Gasteiger partial charge in [0, 0.05) is 19.2 Å². The minimum absolute atomic E-state index is 0.0255. The van der Waals surface area contributed by atoms with Gasteiger partial charge in [-0.15, -0.1) is 0 Å². The van der Waals surface area contributed by atoms with Crippen LogP contribution in [0.1, 0.15) is 13.8 Å². The van der Waals surface area contributed by atoms with Crippen LogP contribution in [0.25, 0.3) is 0 Å². The summed E-state index contributed by atoms with van der Waals surface area (Å²) in [7, 11) is 1.28. The van der Waals surface area contributed by atoms with Gasteiger partial charge in [-0.2, -0.15) is 0 Å². The van der Waals surface area contributed by atoms with Crippen molar-refractivity contribution in [1.29, 1.82) is 0 Å². The van der Waals surface area contributed by atoms with Crippen LogP contribution in [-0.2, 0) is 0 Å². The molecule has 0 saturated carbocycles. The molecule has 0 amide bonds. The van der Waals surface area contributed by atoms with E-state index in [-0.39, 0.29) is 21.6 Å². The second-order valence-corrected chi connectivity index (χ2v) is 4.65. The molecule has 0 unspecified atom stereocenters. The summed E-state index contributed by atoms with van der Waals surface area (Å²) in [4.78, 5) is 22.8. The molecule has 1 rings (SSSR count). The van der Waals surface area contributed by atoms with E-state index in [0.717, 1.165) is 0 Å². The molecule has 0 bridgehead atoms. The molecule has 0 spiro atoms. The van der Waals surface area contributed by atoms with Crippen molar-refractivity contribution in [2.75, 3.05) is 25.1 Å². The predicted molar refractivity (Wildman–Crippen MR) is 77.6 cm³/mol. The Morgan fingerprint density at radius 2 is 1.80 bits per heavy atom. The molecule has 0 radical (unpaired) electrons. The fourth-order valence-corrected chi connectivity index (χ4v) is 2.52. The second-order valence-electron chi connectivity index (χ2n) is 3.79. The third kappa shape index (κ3) is 2.82. The first-order chi connectivity index (χ1) is 9.38. The number of hydrogen-bond donors (Lipinski definition) is 0. The van der Waals surface area contributed by atoms with Gasteiger partial charge in [0.1, 0.15) is 0 Å². The number of halogens is 1. The Morgan fingerprint density at radius 1 is 1.25 bits per heavy atom. The summed E-state index contributed by atoms with van der Waals surface area (Å²) in [5, 5.41) is 22.5. The molecule has 0 fully saturated rings. The zero-order valence-electron chi connectivity index (χ0n) is 11.3. The van der Waals surface area contributed by atoms with Gasteiger partial charge < -0.3 is 9.64 Å². The van der Waals surface area contributed by atoms with E-state index >= 15 is 0 Å². The highest BCUT2D eigenvalue weighted by Crippen LogP contribution is 2.48. The number of hydrogen-bond acceptors (Lipinski definition) is 6. The van der Waals surface area contributed by atoms with Crippen molar-refractivity contribution < 1.29 is 14.6 Å². The molecule has 0 saturated heterocycles. The molecule has 0 heterocycles. The van der Waals surface area contributed by atoms with Crippen LogP contribution in [0, 0.1) is 20.2 Å². The molecule has 110 valence electrons. The van der Waals surface area contributed by atoms with Crippen LogP contribution >= 0.6 is 15.9 Å². The number of nitrogens with zero attached hydrogens (tertiary/aromatic N) is 3. The summed E-state index contributed by atoms with van der Waals surface area (Å²) in [6.45, 7) is 4.35. The zero-order chi connectivity index (χ0) is 15.4. The highest BCUT2D eigenvalue weighted by molar-refractivity contribution is 9.10. The summed E-state index contributed by atoms with van der Waals surface area (Å²) in [6, 6.07) is 1.22. The Hall–Kier alpha value is -1.90. The smallest absolute Gasteiger partial charge is 0.342 e. The molecule has 8 nitrogen and oxygen atoms in total. The van der Waals surface area contributed by atoms with E-state index in [1.165, 1.54) is 13.2 Å². The monoisotopic (exact) mass is 347 g/mol. The fraction of sp³-hybridized carbons (Fsp3) is 0.455. The number of nitro groups is 2. The standard InChI is InChI=1S/C11H14BrN3O5/c1-4-13(5-2)9-8(14(16)17)6-7(12)11(20-3)10(9)15(18)19/h6H,4-5H2,1-3H3. The Bertz CT molecular complexity index is 545. The SMILES string of the molecule is CCN(CC)c1c([N+](=O)[O-])cc(Br)c(OC)c1[N+](=O)[O-]. The van der Waals surface area contributed by atoms with Crippen molar-refractivity contribution in [3.8, 4) is 5.75 Å². The summed E-state index contributed by atoms with van der Waals surface area (Å²) < 4.78 is 5.19. The maximum atomic E-state index is 11.3. The van der Waals surface area contributed by atoms with Gasteiger partial charge in [0.15, 0.2) is 5.69 Å². The highest BCUT2D eigenvalue weighted by atomic mass is 79.9. The lowest BCUT2D eigenvalue weighted by Gasteiger charge is -2.21. The van der Waals surface area contributed by atoms with Gasteiger partial charge >= 0.3 is 11.4 Å².